The number of rotatable bonds is 10. The molecule has 3 aromatic heterocycles. The third-order valence-electron chi connectivity index (χ3n) is 7.64. The molecule has 0 radical (unpaired) electrons. The topological polar surface area (TPSA) is 115 Å². The number of nitrogens with one attached hydrogen (secondary N) is 1. The minimum atomic E-state index is -1.42. The number of carbonyl (C=O) groups excluding carboxylic acids is 1. The fraction of sp³-hybridized carbons (Fsp3) is 0.429. The maximum absolute atomic E-state index is 14.3. The molecule has 2 aliphatic rings. The summed E-state index contributed by atoms with van der Waals surface area (Å²) in [6.07, 6.45) is -0.0514. The summed E-state index contributed by atoms with van der Waals surface area (Å²) in [6, 6.07) is 8.34. The minimum absolute atomic E-state index is 0.0739. The average molecular weight is 678 g/mol. The van der Waals surface area contributed by atoms with Crippen LogP contribution in [0.3, 0.4) is 0 Å². The van der Waals surface area contributed by atoms with Gasteiger partial charge < -0.3 is 29.2 Å². The number of amides is 2. The third kappa shape index (κ3) is 5.31. The van der Waals surface area contributed by atoms with Crippen LogP contribution < -0.4 is 10.1 Å². The second-order valence-electron chi connectivity index (χ2n) is 10.6. The summed E-state index contributed by atoms with van der Waals surface area (Å²) < 4.78 is 37.6. The summed E-state index contributed by atoms with van der Waals surface area (Å²) >= 11 is 1.96. The number of carboxylic acid groups (broad SMARTS) is 1. The zero-order valence-electron chi connectivity index (χ0n) is 22.3. The first-order valence-corrected chi connectivity index (χ1v) is 15.0. The lowest BCUT2D eigenvalue weighted by Crippen LogP contribution is -2.48. The van der Waals surface area contributed by atoms with Crippen molar-refractivity contribution in [2.75, 3.05) is 24.2 Å². The number of pyridine rings is 1. The molecule has 1 saturated carbocycles. The van der Waals surface area contributed by atoms with E-state index in [2.05, 4.69) is 9.88 Å². The van der Waals surface area contributed by atoms with Gasteiger partial charge in [0.1, 0.15) is 17.9 Å². The molecule has 4 heterocycles. The number of carbonyl (C=O) groups is 2. The van der Waals surface area contributed by atoms with Crippen LogP contribution >= 0.6 is 22.6 Å². The van der Waals surface area contributed by atoms with E-state index in [0.717, 1.165) is 36.0 Å². The van der Waals surface area contributed by atoms with E-state index in [0.29, 0.717) is 52.9 Å². The van der Waals surface area contributed by atoms with Gasteiger partial charge in [0.05, 0.1) is 32.9 Å². The van der Waals surface area contributed by atoms with Gasteiger partial charge in [-0.3, -0.25) is 4.79 Å². The van der Waals surface area contributed by atoms with Gasteiger partial charge in [0.2, 0.25) is 6.36 Å². The Morgan fingerprint density at radius 2 is 2.10 bits per heavy atom. The maximum atomic E-state index is 14.3. The molecule has 1 fully saturated rings. The van der Waals surface area contributed by atoms with Crippen molar-refractivity contribution in [2.24, 2.45) is 13.0 Å². The van der Waals surface area contributed by atoms with Crippen LogP contribution in [0.25, 0.3) is 33.6 Å². The van der Waals surface area contributed by atoms with Crippen LogP contribution in [0.5, 0.6) is 5.75 Å². The van der Waals surface area contributed by atoms with Gasteiger partial charge in [0, 0.05) is 38.5 Å². The van der Waals surface area contributed by atoms with Crippen LogP contribution in [0.2, 0.25) is 0 Å². The van der Waals surface area contributed by atoms with E-state index in [1.54, 1.807) is 12.1 Å². The normalized spacial score (nSPS) is 16.7. The Labute approximate surface area is 247 Å². The SMILES string of the molecule is Cn1c(-c2cc3cccc(OC(F)CI)c3n2CC2CC2)nc2cc3c(nc21)CCN(CC(CF)NC(=O)O)C3=O. The number of imidazole rings is 1. The van der Waals surface area contributed by atoms with Gasteiger partial charge in [-0.15, -0.1) is 0 Å². The second kappa shape index (κ2) is 11.1. The molecule has 2 N–H and O–H groups in total. The van der Waals surface area contributed by atoms with Crippen molar-refractivity contribution in [3.63, 3.8) is 0 Å². The summed E-state index contributed by atoms with van der Waals surface area (Å²) in [7, 11) is 1.88. The number of benzene rings is 1. The van der Waals surface area contributed by atoms with Crippen molar-refractivity contribution in [3.05, 3.63) is 41.6 Å². The molecule has 10 nitrogen and oxygen atoms in total. The van der Waals surface area contributed by atoms with E-state index in [1.807, 2.05) is 52.4 Å². The molecule has 41 heavy (non-hydrogen) atoms. The predicted octanol–water partition coefficient (Wildman–Crippen LogP) is 4.71. The minimum Gasteiger partial charge on any atom is -0.465 e. The summed E-state index contributed by atoms with van der Waals surface area (Å²) in [5, 5.41) is 12.0. The van der Waals surface area contributed by atoms with E-state index in [9.17, 15) is 18.4 Å². The quantitative estimate of drug-likeness (QED) is 0.186. The summed E-state index contributed by atoms with van der Waals surface area (Å²) in [4.78, 5) is 35.4. The molecule has 1 aliphatic carbocycles. The van der Waals surface area contributed by atoms with Gasteiger partial charge in [-0.1, -0.05) is 34.7 Å². The van der Waals surface area contributed by atoms with Crippen LogP contribution in [-0.4, -0.2) is 77.7 Å². The maximum Gasteiger partial charge on any atom is 0.405 e. The monoisotopic (exact) mass is 678 g/mol. The summed E-state index contributed by atoms with van der Waals surface area (Å²) in [5.41, 5.74) is 3.84. The molecule has 216 valence electrons. The standard InChI is InChI=1S/C28H29F2IN6O4/c1-35-25-20(10-18-19(33-25)7-8-36(27(18)38)14-17(11-29)32-28(39)40)34-26(35)21-9-16-3-2-4-22(41-23(30)12-31)24(16)37(21)13-15-5-6-15/h2-4,9-10,15,17,23,32H,5-8,11-14H2,1H3,(H,39,40). The fourth-order valence-electron chi connectivity index (χ4n) is 5.50. The molecule has 2 amide bonds. The number of fused-ring (bicyclic) bond motifs is 3. The molecule has 0 saturated heterocycles. The molecule has 6 rings (SSSR count). The molecule has 2 unspecified atom stereocenters. The first kappa shape index (κ1) is 27.7. The van der Waals surface area contributed by atoms with Gasteiger partial charge in [-0.05, 0) is 37.0 Å². The molecule has 0 spiro atoms. The van der Waals surface area contributed by atoms with Crippen LogP contribution in [0.1, 0.15) is 28.9 Å². The van der Waals surface area contributed by atoms with Crippen molar-refractivity contribution in [1.29, 1.82) is 0 Å². The summed E-state index contributed by atoms with van der Waals surface area (Å²) in [5.74, 6) is 1.34. The number of hydrogen-bond acceptors (Lipinski definition) is 5. The van der Waals surface area contributed by atoms with E-state index in [4.69, 9.17) is 19.8 Å². The number of ether oxygens (including phenoxy) is 1. The predicted molar refractivity (Wildman–Crippen MR) is 157 cm³/mol. The zero-order chi connectivity index (χ0) is 28.8. The Kier molecular flexibility index (Phi) is 7.47. The Hall–Kier alpha value is -3.49. The smallest absolute Gasteiger partial charge is 0.405 e. The van der Waals surface area contributed by atoms with Crippen LogP contribution in [0, 0.1) is 5.92 Å². The largest absolute Gasteiger partial charge is 0.465 e. The average Bonchev–Trinajstić information content (AvgIpc) is 3.62. The number of alkyl halides is 3. The molecule has 1 aromatic carbocycles. The first-order chi connectivity index (χ1) is 19.8. The Bertz CT molecular complexity index is 1650. The van der Waals surface area contributed by atoms with Gasteiger partial charge in [0.15, 0.2) is 11.5 Å². The molecule has 13 heteroatoms. The van der Waals surface area contributed by atoms with Gasteiger partial charge in [-0.2, -0.15) is 0 Å². The van der Waals surface area contributed by atoms with Crippen LogP contribution in [-0.2, 0) is 20.0 Å². The Balaban J connectivity index is 1.40. The first-order valence-electron chi connectivity index (χ1n) is 13.5. The number of aryl methyl sites for hydroxylation is 1. The van der Waals surface area contributed by atoms with Gasteiger partial charge in [0.25, 0.3) is 5.91 Å². The van der Waals surface area contributed by atoms with E-state index in [1.165, 1.54) is 4.90 Å². The third-order valence-corrected chi connectivity index (χ3v) is 8.33. The summed E-state index contributed by atoms with van der Waals surface area (Å²) in [6.45, 7) is 0.0597. The lowest BCUT2D eigenvalue weighted by molar-refractivity contribution is 0.0712. The molecular weight excluding hydrogens is 649 g/mol. The van der Waals surface area contributed by atoms with E-state index < -0.39 is 25.2 Å². The molecule has 0 bridgehead atoms. The van der Waals surface area contributed by atoms with Crippen molar-refractivity contribution < 1.29 is 28.2 Å². The van der Waals surface area contributed by atoms with Crippen molar-refractivity contribution in [1.82, 2.24) is 29.3 Å². The Morgan fingerprint density at radius 3 is 2.80 bits per heavy atom. The number of nitrogens with zero attached hydrogens (tertiary/aromatic N) is 5. The molecule has 4 aromatic rings. The van der Waals surface area contributed by atoms with Crippen molar-refractivity contribution in [2.45, 2.75) is 38.2 Å². The second-order valence-corrected chi connectivity index (χ2v) is 11.5. The number of hydrogen-bond donors (Lipinski definition) is 2. The van der Waals surface area contributed by atoms with Crippen molar-refractivity contribution in [3.8, 4) is 17.3 Å². The number of para-hydroxylation sites is 1. The van der Waals surface area contributed by atoms with Crippen LogP contribution in [0.15, 0.2) is 30.3 Å². The van der Waals surface area contributed by atoms with E-state index in [-0.39, 0.29) is 16.9 Å². The Morgan fingerprint density at radius 1 is 1.29 bits per heavy atom. The highest BCUT2D eigenvalue weighted by atomic mass is 127. The zero-order valence-corrected chi connectivity index (χ0v) is 24.5. The van der Waals surface area contributed by atoms with Gasteiger partial charge in [-0.25, -0.2) is 23.5 Å². The fourth-order valence-corrected chi connectivity index (χ4v) is 5.68. The van der Waals surface area contributed by atoms with Crippen molar-refractivity contribution >= 4 is 56.7 Å². The molecular formula is C28H29F2IN6O4. The lowest BCUT2D eigenvalue weighted by atomic mass is 10.0. The van der Waals surface area contributed by atoms with Crippen LogP contribution in [0.4, 0.5) is 13.6 Å². The molecule has 2 atom stereocenters. The number of aromatic nitrogens is 4. The highest BCUT2D eigenvalue weighted by Crippen LogP contribution is 2.39. The van der Waals surface area contributed by atoms with Gasteiger partial charge >= 0.3 is 6.09 Å². The highest BCUT2D eigenvalue weighted by molar-refractivity contribution is 14.1. The van der Waals surface area contributed by atoms with E-state index >= 15 is 0 Å². The highest BCUT2D eigenvalue weighted by Gasteiger charge is 2.31. The lowest BCUT2D eigenvalue weighted by Gasteiger charge is -2.30. The molecule has 1 aliphatic heterocycles. The number of halogens is 3.